The molecule has 3 N–H and O–H groups in total. The quantitative estimate of drug-likeness (QED) is 0.723. The predicted octanol–water partition coefficient (Wildman–Crippen LogP) is 2.67. The lowest BCUT2D eigenvalue weighted by atomic mass is 9.97. The van der Waals surface area contributed by atoms with Crippen molar-refractivity contribution in [1.29, 1.82) is 0 Å². The molecule has 0 bridgehead atoms. The first-order valence-electron chi connectivity index (χ1n) is 5.12. The van der Waals surface area contributed by atoms with Crippen LogP contribution in [0.2, 0.25) is 0 Å². The summed E-state index contributed by atoms with van der Waals surface area (Å²) < 4.78 is 0. The fourth-order valence-electron chi connectivity index (χ4n) is 1.48. The van der Waals surface area contributed by atoms with Crippen molar-refractivity contribution in [2.45, 2.75) is 32.7 Å². The normalized spacial score (nSPS) is 13.2. The average molecular weight is 192 g/mol. The van der Waals surface area contributed by atoms with Crippen LogP contribution in [0, 0.1) is 0 Å². The summed E-state index contributed by atoms with van der Waals surface area (Å²) in [6.07, 6.45) is 0. The van der Waals surface area contributed by atoms with E-state index in [-0.39, 0.29) is 0 Å². The smallest absolute Gasteiger partial charge is 0.0362 e. The van der Waals surface area contributed by atoms with Gasteiger partial charge >= 0.3 is 0 Å². The Morgan fingerprint density at radius 3 is 2.36 bits per heavy atom. The molecule has 0 amide bonds. The molecule has 1 rings (SSSR count). The second-order valence-corrected chi connectivity index (χ2v) is 4.05. The summed E-state index contributed by atoms with van der Waals surface area (Å²) >= 11 is 0. The van der Waals surface area contributed by atoms with Gasteiger partial charge < -0.3 is 11.1 Å². The molecule has 1 atom stereocenters. The maximum atomic E-state index is 5.93. The highest BCUT2D eigenvalue weighted by atomic mass is 14.9. The third-order valence-corrected chi connectivity index (χ3v) is 2.68. The molecular weight excluding hydrogens is 172 g/mol. The largest absolute Gasteiger partial charge is 0.398 e. The number of nitrogen functional groups attached to an aromatic ring is 1. The van der Waals surface area contributed by atoms with Crippen LogP contribution in [0.5, 0.6) is 0 Å². The van der Waals surface area contributed by atoms with Crippen LogP contribution in [-0.4, -0.2) is 7.05 Å². The molecule has 0 heterocycles. The number of hydrogen-bond donors (Lipinski definition) is 2. The summed E-state index contributed by atoms with van der Waals surface area (Å²) in [5, 5.41) is 3.21. The van der Waals surface area contributed by atoms with Crippen LogP contribution in [-0.2, 0) is 0 Å². The van der Waals surface area contributed by atoms with Crippen molar-refractivity contribution in [2.75, 3.05) is 12.8 Å². The van der Waals surface area contributed by atoms with Crippen LogP contribution in [0.15, 0.2) is 18.2 Å². The van der Waals surface area contributed by atoms with E-state index in [9.17, 15) is 0 Å². The van der Waals surface area contributed by atoms with E-state index in [4.69, 9.17) is 5.73 Å². The van der Waals surface area contributed by atoms with E-state index in [1.165, 1.54) is 11.1 Å². The van der Waals surface area contributed by atoms with Gasteiger partial charge in [-0.3, -0.25) is 0 Å². The zero-order valence-corrected chi connectivity index (χ0v) is 9.46. The lowest BCUT2D eigenvalue weighted by Crippen LogP contribution is -2.14. The average Bonchev–Trinajstić information content (AvgIpc) is 2.17. The van der Waals surface area contributed by atoms with Crippen LogP contribution in [0.1, 0.15) is 43.9 Å². The number of anilines is 1. The Hall–Kier alpha value is -1.02. The first-order valence-corrected chi connectivity index (χ1v) is 5.12. The van der Waals surface area contributed by atoms with Gasteiger partial charge in [0.15, 0.2) is 0 Å². The molecule has 0 saturated carbocycles. The van der Waals surface area contributed by atoms with Gasteiger partial charge in [-0.2, -0.15) is 0 Å². The molecule has 0 aliphatic rings. The van der Waals surface area contributed by atoms with E-state index in [1.54, 1.807) is 0 Å². The highest BCUT2D eigenvalue weighted by Gasteiger charge is 2.08. The van der Waals surface area contributed by atoms with Crippen LogP contribution in [0.3, 0.4) is 0 Å². The fraction of sp³-hybridized carbons (Fsp3) is 0.500. The summed E-state index contributed by atoms with van der Waals surface area (Å²) in [5.74, 6) is 0.554. The van der Waals surface area contributed by atoms with Crippen LogP contribution in [0.4, 0.5) is 5.69 Å². The van der Waals surface area contributed by atoms with Gasteiger partial charge in [-0.15, -0.1) is 0 Å². The van der Waals surface area contributed by atoms with Gasteiger partial charge in [0.25, 0.3) is 0 Å². The molecule has 1 aromatic rings. The maximum Gasteiger partial charge on any atom is 0.0362 e. The maximum absolute atomic E-state index is 5.93. The second kappa shape index (κ2) is 4.47. The monoisotopic (exact) mass is 192 g/mol. The molecule has 0 radical (unpaired) electrons. The molecule has 2 nitrogen and oxygen atoms in total. The molecule has 1 aromatic carbocycles. The zero-order valence-electron chi connectivity index (χ0n) is 9.46. The Morgan fingerprint density at radius 1 is 1.21 bits per heavy atom. The summed E-state index contributed by atoms with van der Waals surface area (Å²) in [4.78, 5) is 0. The Morgan fingerprint density at radius 2 is 1.86 bits per heavy atom. The Bertz CT molecular complexity index is 305. The number of hydrogen-bond acceptors (Lipinski definition) is 2. The number of rotatable bonds is 3. The molecule has 78 valence electrons. The Labute approximate surface area is 86.5 Å². The molecule has 0 unspecified atom stereocenters. The number of nitrogens with two attached hydrogens (primary N) is 1. The minimum atomic E-state index is 0.314. The van der Waals surface area contributed by atoms with Crippen LogP contribution >= 0.6 is 0 Å². The van der Waals surface area contributed by atoms with Crippen molar-refractivity contribution < 1.29 is 0 Å². The standard InChI is InChI=1S/C12H20N2/c1-8(2)10-5-6-12(13)11(7-10)9(3)14-4/h5-9,14H,13H2,1-4H3/t9-/m1/s1. The first-order chi connectivity index (χ1) is 6.56. The first kappa shape index (κ1) is 11.1. The minimum Gasteiger partial charge on any atom is -0.398 e. The molecule has 0 aromatic heterocycles. The molecule has 14 heavy (non-hydrogen) atoms. The predicted molar refractivity (Wildman–Crippen MR) is 62.4 cm³/mol. The molecule has 0 saturated heterocycles. The highest BCUT2D eigenvalue weighted by Crippen LogP contribution is 2.24. The number of benzene rings is 1. The molecule has 0 fully saturated rings. The third-order valence-electron chi connectivity index (χ3n) is 2.68. The second-order valence-electron chi connectivity index (χ2n) is 4.05. The molecule has 0 aliphatic carbocycles. The number of nitrogens with one attached hydrogen (secondary N) is 1. The zero-order chi connectivity index (χ0) is 10.7. The molecule has 2 heteroatoms. The van der Waals surface area contributed by atoms with Gasteiger partial charge in [0.1, 0.15) is 0 Å². The summed E-state index contributed by atoms with van der Waals surface area (Å²) in [5.41, 5.74) is 9.33. The molecule has 0 aliphatic heterocycles. The van der Waals surface area contributed by atoms with Gasteiger partial charge in [0.05, 0.1) is 0 Å². The van der Waals surface area contributed by atoms with Gasteiger partial charge in [-0.25, -0.2) is 0 Å². The van der Waals surface area contributed by atoms with Crippen molar-refractivity contribution in [3.05, 3.63) is 29.3 Å². The van der Waals surface area contributed by atoms with E-state index in [0.29, 0.717) is 12.0 Å². The fourth-order valence-corrected chi connectivity index (χ4v) is 1.48. The van der Waals surface area contributed by atoms with Crippen molar-refractivity contribution in [3.8, 4) is 0 Å². The van der Waals surface area contributed by atoms with Crippen molar-refractivity contribution in [2.24, 2.45) is 0 Å². The lowest BCUT2D eigenvalue weighted by Gasteiger charge is -2.16. The van der Waals surface area contributed by atoms with E-state index in [0.717, 1.165) is 5.69 Å². The topological polar surface area (TPSA) is 38.0 Å². The van der Waals surface area contributed by atoms with Gasteiger partial charge in [0.2, 0.25) is 0 Å². The highest BCUT2D eigenvalue weighted by molar-refractivity contribution is 5.50. The van der Waals surface area contributed by atoms with Crippen molar-refractivity contribution >= 4 is 5.69 Å². The van der Waals surface area contributed by atoms with Crippen molar-refractivity contribution in [3.63, 3.8) is 0 Å². The van der Waals surface area contributed by atoms with Crippen molar-refractivity contribution in [1.82, 2.24) is 5.32 Å². The lowest BCUT2D eigenvalue weighted by molar-refractivity contribution is 0.652. The van der Waals surface area contributed by atoms with E-state index in [1.807, 2.05) is 13.1 Å². The SMILES string of the molecule is CN[C@H](C)c1cc(C(C)C)ccc1N. The van der Waals surface area contributed by atoms with Gasteiger partial charge in [-0.05, 0) is 37.1 Å². The van der Waals surface area contributed by atoms with E-state index in [2.05, 4.69) is 38.2 Å². The molecular formula is C12H20N2. The van der Waals surface area contributed by atoms with Crippen LogP contribution < -0.4 is 11.1 Å². The summed E-state index contributed by atoms with van der Waals surface area (Å²) in [6.45, 7) is 6.51. The van der Waals surface area contributed by atoms with Gasteiger partial charge in [-0.1, -0.05) is 26.0 Å². The third kappa shape index (κ3) is 2.26. The van der Waals surface area contributed by atoms with E-state index >= 15 is 0 Å². The summed E-state index contributed by atoms with van der Waals surface area (Å²) in [6, 6.07) is 6.61. The van der Waals surface area contributed by atoms with E-state index < -0.39 is 0 Å². The Kier molecular flexibility index (Phi) is 3.53. The molecule has 0 spiro atoms. The van der Waals surface area contributed by atoms with Crippen LogP contribution in [0.25, 0.3) is 0 Å². The minimum absolute atomic E-state index is 0.314. The summed E-state index contributed by atoms with van der Waals surface area (Å²) in [7, 11) is 1.95. The Balaban J connectivity index is 3.08. The van der Waals surface area contributed by atoms with Gasteiger partial charge in [0, 0.05) is 11.7 Å².